The molecule has 2 aromatic rings. The fourth-order valence-electron chi connectivity index (χ4n) is 2.05. The Labute approximate surface area is 151 Å². The van der Waals surface area contributed by atoms with Gasteiger partial charge in [0.05, 0.1) is 0 Å². The second kappa shape index (κ2) is 9.36. The zero-order chi connectivity index (χ0) is 18.9. The monoisotopic (exact) mass is 356 g/mol. The molecule has 26 heavy (non-hydrogen) atoms. The Morgan fingerprint density at radius 1 is 1.04 bits per heavy atom. The van der Waals surface area contributed by atoms with Crippen LogP contribution in [0, 0.1) is 5.82 Å². The predicted octanol–water partition coefficient (Wildman–Crippen LogP) is 3.19. The molecule has 2 N–H and O–H groups in total. The highest BCUT2D eigenvalue weighted by Gasteiger charge is 2.05. The van der Waals surface area contributed by atoms with Gasteiger partial charge in [-0.2, -0.15) is 0 Å². The van der Waals surface area contributed by atoms with Crippen molar-refractivity contribution in [2.75, 3.05) is 6.61 Å². The van der Waals surface area contributed by atoms with Gasteiger partial charge in [-0.3, -0.25) is 20.4 Å². The molecule has 0 aromatic heterocycles. The minimum Gasteiger partial charge on any atom is -0.484 e. The molecule has 0 radical (unpaired) electrons. The summed E-state index contributed by atoms with van der Waals surface area (Å²) in [5.41, 5.74) is 6.35. The average molecular weight is 356 g/mol. The van der Waals surface area contributed by atoms with Gasteiger partial charge in [0.1, 0.15) is 11.6 Å². The highest BCUT2D eigenvalue weighted by atomic mass is 19.1. The van der Waals surface area contributed by atoms with Crippen molar-refractivity contribution in [3.05, 3.63) is 71.6 Å². The maximum Gasteiger partial charge on any atom is 0.276 e. The van der Waals surface area contributed by atoms with Crippen LogP contribution in [-0.2, 0) is 9.59 Å². The average Bonchev–Trinajstić information content (AvgIpc) is 2.64. The van der Waals surface area contributed by atoms with E-state index in [9.17, 15) is 14.0 Å². The SMILES string of the molecule is CC(C)c1ccc(OCC(=O)NNC(=O)/C=C/c2ccc(F)cc2)cc1. The third-order valence-corrected chi connectivity index (χ3v) is 3.54. The van der Waals surface area contributed by atoms with E-state index in [-0.39, 0.29) is 12.4 Å². The molecule has 2 aromatic carbocycles. The van der Waals surface area contributed by atoms with E-state index in [1.807, 2.05) is 12.1 Å². The maximum atomic E-state index is 12.8. The van der Waals surface area contributed by atoms with Gasteiger partial charge in [0.15, 0.2) is 6.61 Å². The normalized spacial score (nSPS) is 10.8. The molecule has 0 aliphatic carbocycles. The molecule has 0 aliphatic rings. The summed E-state index contributed by atoms with van der Waals surface area (Å²) in [5, 5.41) is 0. The van der Waals surface area contributed by atoms with E-state index < -0.39 is 11.8 Å². The van der Waals surface area contributed by atoms with Crippen LogP contribution in [0.2, 0.25) is 0 Å². The Hall–Kier alpha value is -3.15. The molecule has 0 unspecified atom stereocenters. The summed E-state index contributed by atoms with van der Waals surface area (Å²) in [6.45, 7) is 3.97. The van der Waals surface area contributed by atoms with Crippen molar-refractivity contribution >= 4 is 17.9 Å². The number of benzene rings is 2. The van der Waals surface area contributed by atoms with Crippen molar-refractivity contribution in [3.8, 4) is 5.75 Å². The van der Waals surface area contributed by atoms with Crippen LogP contribution >= 0.6 is 0 Å². The quantitative estimate of drug-likeness (QED) is 0.617. The first kappa shape index (κ1) is 19.2. The first-order valence-electron chi connectivity index (χ1n) is 8.19. The van der Waals surface area contributed by atoms with Crippen molar-refractivity contribution in [2.45, 2.75) is 19.8 Å². The number of carbonyl (C=O) groups excluding carboxylic acids is 2. The van der Waals surface area contributed by atoms with Crippen LogP contribution in [0.15, 0.2) is 54.6 Å². The number of hydrogen-bond acceptors (Lipinski definition) is 3. The molecule has 6 heteroatoms. The van der Waals surface area contributed by atoms with Gasteiger partial charge in [0.25, 0.3) is 11.8 Å². The van der Waals surface area contributed by atoms with Crippen molar-refractivity contribution in [3.63, 3.8) is 0 Å². The van der Waals surface area contributed by atoms with Gasteiger partial charge >= 0.3 is 0 Å². The Morgan fingerprint density at radius 3 is 2.31 bits per heavy atom. The lowest BCUT2D eigenvalue weighted by atomic mass is 10.0. The molecule has 0 saturated heterocycles. The van der Waals surface area contributed by atoms with Gasteiger partial charge in [-0.15, -0.1) is 0 Å². The number of amides is 2. The molecule has 2 amide bonds. The van der Waals surface area contributed by atoms with Gasteiger partial charge in [0, 0.05) is 6.08 Å². The number of ether oxygens (including phenoxy) is 1. The van der Waals surface area contributed by atoms with E-state index >= 15 is 0 Å². The van der Waals surface area contributed by atoms with Crippen molar-refractivity contribution < 1.29 is 18.7 Å². The van der Waals surface area contributed by atoms with Gasteiger partial charge in [-0.05, 0) is 47.4 Å². The molecule has 0 aliphatic heterocycles. The summed E-state index contributed by atoms with van der Waals surface area (Å²) in [6.07, 6.45) is 2.74. The van der Waals surface area contributed by atoms with Crippen LogP contribution in [0.25, 0.3) is 6.08 Å². The minimum atomic E-state index is -0.510. The van der Waals surface area contributed by atoms with Gasteiger partial charge in [0.2, 0.25) is 0 Å². The standard InChI is InChI=1S/C20H21FN2O3/c1-14(2)16-6-10-18(11-7-16)26-13-20(25)23-22-19(24)12-5-15-3-8-17(21)9-4-15/h3-12,14H,13H2,1-2H3,(H,22,24)(H,23,25)/b12-5+. The molecule has 136 valence electrons. The molecule has 0 atom stereocenters. The third-order valence-electron chi connectivity index (χ3n) is 3.54. The molecular weight excluding hydrogens is 335 g/mol. The lowest BCUT2D eigenvalue weighted by Crippen LogP contribution is -2.43. The van der Waals surface area contributed by atoms with Gasteiger partial charge in [-0.1, -0.05) is 38.1 Å². The number of rotatable bonds is 6. The van der Waals surface area contributed by atoms with Crippen molar-refractivity contribution in [2.24, 2.45) is 0 Å². The largest absolute Gasteiger partial charge is 0.484 e. The molecule has 2 rings (SSSR count). The predicted molar refractivity (Wildman–Crippen MR) is 97.7 cm³/mol. The first-order chi connectivity index (χ1) is 12.4. The fourth-order valence-corrected chi connectivity index (χ4v) is 2.05. The second-order valence-corrected chi connectivity index (χ2v) is 5.93. The van der Waals surface area contributed by atoms with Crippen LogP contribution in [0.4, 0.5) is 4.39 Å². The summed E-state index contributed by atoms with van der Waals surface area (Å²) in [5.74, 6) is -0.347. The first-order valence-corrected chi connectivity index (χ1v) is 8.19. The van der Waals surface area contributed by atoms with E-state index in [1.165, 1.54) is 42.0 Å². The van der Waals surface area contributed by atoms with Crippen LogP contribution < -0.4 is 15.6 Å². The van der Waals surface area contributed by atoms with Crippen molar-refractivity contribution in [1.29, 1.82) is 0 Å². The lowest BCUT2D eigenvalue weighted by molar-refractivity contribution is -0.128. The molecule has 0 bridgehead atoms. The Kier molecular flexibility index (Phi) is 6.91. The van der Waals surface area contributed by atoms with Gasteiger partial charge in [-0.25, -0.2) is 4.39 Å². The fraction of sp³-hybridized carbons (Fsp3) is 0.200. The summed E-state index contributed by atoms with van der Waals surface area (Å²) < 4.78 is 18.1. The van der Waals surface area contributed by atoms with Crippen molar-refractivity contribution in [1.82, 2.24) is 10.9 Å². The van der Waals surface area contributed by atoms with E-state index in [1.54, 1.807) is 12.1 Å². The summed E-state index contributed by atoms with van der Waals surface area (Å²) in [4.78, 5) is 23.3. The van der Waals surface area contributed by atoms with E-state index in [0.29, 0.717) is 17.2 Å². The Balaban J connectivity index is 1.72. The number of hydrazine groups is 1. The van der Waals surface area contributed by atoms with E-state index in [2.05, 4.69) is 24.7 Å². The zero-order valence-electron chi connectivity index (χ0n) is 14.7. The lowest BCUT2D eigenvalue weighted by Gasteiger charge is -2.09. The zero-order valence-corrected chi connectivity index (χ0v) is 14.7. The third kappa shape index (κ3) is 6.39. The topological polar surface area (TPSA) is 67.4 Å². The van der Waals surface area contributed by atoms with Crippen LogP contribution in [0.1, 0.15) is 30.9 Å². The second-order valence-electron chi connectivity index (χ2n) is 5.93. The molecular formula is C20H21FN2O3. The highest BCUT2D eigenvalue weighted by molar-refractivity contribution is 5.93. The maximum absolute atomic E-state index is 12.8. The van der Waals surface area contributed by atoms with Crippen LogP contribution in [0.3, 0.4) is 0 Å². The smallest absolute Gasteiger partial charge is 0.276 e. The molecule has 0 saturated carbocycles. The summed E-state index contributed by atoms with van der Waals surface area (Å²) in [6, 6.07) is 13.2. The number of nitrogens with one attached hydrogen (secondary N) is 2. The van der Waals surface area contributed by atoms with Crippen LogP contribution in [0.5, 0.6) is 5.75 Å². The highest BCUT2D eigenvalue weighted by Crippen LogP contribution is 2.18. The van der Waals surface area contributed by atoms with E-state index in [0.717, 1.165) is 0 Å². The Morgan fingerprint density at radius 2 is 1.69 bits per heavy atom. The number of hydrogen-bond donors (Lipinski definition) is 2. The van der Waals surface area contributed by atoms with Gasteiger partial charge < -0.3 is 4.74 Å². The van der Waals surface area contributed by atoms with Crippen LogP contribution in [-0.4, -0.2) is 18.4 Å². The Bertz CT molecular complexity index is 769. The summed E-state index contributed by atoms with van der Waals surface area (Å²) >= 11 is 0. The molecule has 5 nitrogen and oxygen atoms in total. The molecule has 0 heterocycles. The number of carbonyl (C=O) groups is 2. The summed E-state index contributed by atoms with van der Waals surface area (Å²) in [7, 11) is 0. The number of halogens is 1. The molecule has 0 spiro atoms. The minimum absolute atomic E-state index is 0.219. The van der Waals surface area contributed by atoms with E-state index in [4.69, 9.17) is 4.74 Å². The molecule has 0 fully saturated rings.